The molecule has 0 aliphatic heterocycles. The number of nitro groups is 1. The van der Waals surface area contributed by atoms with Crippen molar-refractivity contribution < 1.29 is 9.45 Å². The van der Waals surface area contributed by atoms with Crippen molar-refractivity contribution >= 4 is 5.69 Å². The van der Waals surface area contributed by atoms with E-state index < -0.39 is 4.92 Å². The van der Waals surface area contributed by atoms with E-state index in [1.165, 1.54) is 25.0 Å². The topological polar surface area (TPSA) is 85.3 Å². The van der Waals surface area contributed by atoms with E-state index in [0.29, 0.717) is 41.8 Å². The number of nitro benzene ring substituents is 1. The van der Waals surface area contributed by atoms with E-state index in [2.05, 4.69) is 35.8 Å². The minimum atomic E-state index is -0.424. The Hall–Kier alpha value is -2.28. The molecule has 1 heterocycles. The molecule has 0 spiro atoms. The zero-order valence-electron chi connectivity index (χ0n) is 14.2. The standard InChI is InChI=1S/C17H22N4O3/c1-11(2)12(3)20(14-8-9-14)10-16-18-17(19-24-16)13-4-6-15(7-5-13)21(22)23/h4-7,11-12,14H,8-10H2,1-3H3/t12-/m0/s1. The summed E-state index contributed by atoms with van der Waals surface area (Å²) in [5.74, 6) is 1.61. The summed E-state index contributed by atoms with van der Waals surface area (Å²) in [6.07, 6.45) is 2.45. The van der Waals surface area contributed by atoms with Gasteiger partial charge in [0, 0.05) is 29.8 Å². The number of benzene rings is 1. The SMILES string of the molecule is CC(C)[C@H](C)N(Cc1nc(-c2ccc([N+](=O)[O-])cc2)no1)C1CC1. The van der Waals surface area contributed by atoms with Crippen molar-refractivity contribution in [3.05, 3.63) is 40.3 Å². The molecule has 0 unspecified atom stereocenters. The number of hydrogen-bond acceptors (Lipinski definition) is 6. The zero-order valence-corrected chi connectivity index (χ0v) is 14.2. The van der Waals surface area contributed by atoms with E-state index in [0.717, 1.165) is 0 Å². The second-order valence-electron chi connectivity index (χ2n) is 6.70. The van der Waals surface area contributed by atoms with Crippen LogP contribution in [-0.4, -0.2) is 32.0 Å². The van der Waals surface area contributed by atoms with Crippen LogP contribution in [0.15, 0.2) is 28.8 Å². The van der Waals surface area contributed by atoms with Crippen molar-refractivity contribution in [3.63, 3.8) is 0 Å². The molecule has 0 amide bonds. The molecule has 0 radical (unpaired) electrons. The summed E-state index contributed by atoms with van der Waals surface area (Å²) < 4.78 is 5.40. The smallest absolute Gasteiger partial charge is 0.269 e. The van der Waals surface area contributed by atoms with Gasteiger partial charge in [0.2, 0.25) is 11.7 Å². The first-order valence-corrected chi connectivity index (χ1v) is 8.29. The van der Waals surface area contributed by atoms with Crippen LogP contribution < -0.4 is 0 Å². The summed E-state index contributed by atoms with van der Waals surface area (Å²) in [5, 5.41) is 14.7. The van der Waals surface area contributed by atoms with Gasteiger partial charge < -0.3 is 4.52 Å². The summed E-state index contributed by atoms with van der Waals surface area (Å²) in [5.41, 5.74) is 0.763. The zero-order chi connectivity index (χ0) is 17.3. The van der Waals surface area contributed by atoms with Crippen LogP contribution in [0.1, 0.15) is 39.5 Å². The van der Waals surface area contributed by atoms with Crippen LogP contribution in [0, 0.1) is 16.0 Å². The van der Waals surface area contributed by atoms with Crippen LogP contribution in [0.25, 0.3) is 11.4 Å². The first kappa shape index (κ1) is 16.6. The van der Waals surface area contributed by atoms with Crippen molar-refractivity contribution in [1.29, 1.82) is 0 Å². The van der Waals surface area contributed by atoms with Gasteiger partial charge in [-0.2, -0.15) is 4.98 Å². The monoisotopic (exact) mass is 330 g/mol. The molecule has 128 valence electrons. The summed E-state index contributed by atoms with van der Waals surface area (Å²) in [6.45, 7) is 7.31. The van der Waals surface area contributed by atoms with Crippen LogP contribution in [0.5, 0.6) is 0 Å². The largest absolute Gasteiger partial charge is 0.338 e. The Morgan fingerprint density at radius 3 is 2.50 bits per heavy atom. The molecular formula is C17H22N4O3. The van der Waals surface area contributed by atoms with Crippen molar-refractivity contribution in [1.82, 2.24) is 15.0 Å². The van der Waals surface area contributed by atoms with Gasteiger partial charge in [-0.3, -0.25) is 15.0 Å². The average Bonchev–Trinajstić information content (AvgIpc) is 3.30. The highest BCUT2D eigenvalue weighted by atomic mass is 16.6. The fourth-order valence-corrected chi connectivity index (χ4v) is 2.72. The lowest BCUT2D eigenvalue weighted by Gasteiger charge is -2.30. The highest BCUT2D eigenvalue weighted by Crippen LogP contribution is 2.32. The van der Waals surface area contributed by atoms with Gasteiger partial charge in [0.25, 0.3) is 5.69 Å². The van der Waals surface area contributed by atoms with Crippen LogP contribution in [0.3, 0.4) is 0 Å². The van der Waals surface area contributed by atoms with Gasteiger partial charge in [0.1, 0.15) is 0 Å². The molecule has 3 rings (SSSR count). The van der Waals surface area contributed by atoms with Gasteiger partial charge in [0.05, 0.1) is 11.5 Å². The highest BCUT2D eigenvalue weighted by molar-refractivity contribution is 5.56. The van der Waals surface area contributed by atoms with Crippen molar-refractivity contribution in [2.24, 2.45) is 5.92 Å². The Bertz CT molecular complexity index is 707. The fourth-order valence-electron chi connectivity index (χ4n) is 2.72. The Morgan fingerprint density at radius 2 is 1.96 bits per heavy atom. The van der Waals surface area contributed by atoms with Crippen molar-refractivity contribution in [3.8, 4) is 11.4 Å². The summed E-state index contributed by atoms with van der Waals surface area (Å²) in [7, 11) is 0. The lowest BCUT2D eigenvalue weighted by molar-refractivity contribution is -0.384. The van der Waals surface area contributed by atoms with Crippen molar-refractivity contribution in [2.45, 2.75) is 52.2 Å². The molecule has 1 aliphatic carbocycles. The molecular weight excluding hydrogens is 308 g/mol. The lowest BCUT2D eigenvalue weighted by Crippen LogP contribution is -2.38. The fraction of sp³-hybridized carbons (Fsp3) is 0.529. The molecule has 7 nitrogen and oxygen atoms in total. The molecule has 1 aromatic heterocycles. The maximum atomic E-state index is 10.7. The number of aromatic nitrogens is 2. The van der Waals surface area contributed by atoms with Crippen LogP contribution in [0.4, 0.5) is 5.69 Å². The molecule has 2 aromatic rings. The Kier molecular flexibility index (Phi) is 4.62. The molecule has 0 N–H and O–H groups in total. The normalized spacial score (nSPS) is 15.9. The molecule has 0 saturated heterocycles. The predicted octanol–water partition coefficient (Wildman–Crippen LogP) is 3.65. The summed E-state index contributed by atoms with van der Waals surface area (Å²) in [4.78, 5) is 17.2. The number of rotatable bonds is 7. The van der Waals surface area contributed by atoms with E-state index in [1.807, 2.05) is 0 Å². The van der Waals surface area contributed by atoms with Gasteiger partial charge in [-0.05, 0) is 37.8 Å². The minimum Gasteiger partial charge on any atom is -0.338 e. The number of non-ortho nitro benzene ring substituents is 1. The molecule has 1 aromatic carbocycles. The highest BCUT2D eigenvalue weighted by Gasteiger charge is 2.34. The Balaban J connectivity index is 1.73. The van der Waals surface area contributed by atoms with E-state index in [9.17, 15) is 10.1 Å². The van der Waals surface area contributed by atoms with Crippen LogP contribution in [-0.2, 0) is 6.54 Å². The second-order valence-corrected chi connectivity index (χ2v) is 6.70. The molecule has 1 saturated carbocycles. The predicted molar refractivity (Wildman–Crippen MR) is 89.3 cm³/mol. The maximum Gasteiger partial charge on any atom is 0.269 e. The maximum absolute atomic E-state index is 10.7. The molecule has 1 fully saturated rings. The van der Waals surface area contributed by atoms with E-state index >= 15 is 0 Å². The third kappa shape index (κ3) is 3.62. The molecule has 1 atom stereocenters. The van der Waals surface area contributed by atoms with Gasteiger partial charge in [-0.1, -0.05) is 19.0 Å². The minimum absolute atomic E-state index is 0.0492. The first-order valence-electron chi connectivity index (χ1n) is 8.29. The second kappa shape index (κ2) is 6.68. The summed E-state index contributed by atoms with van der Waals surface area (Å²) >= 11 is 0. The average molecular weight is 330 g/mol. The quantitative estimate of drug-likeness (QED) is 0.569. The number of nitrogens with zero attached hydrogens (tertiary/aromatic N) is 4. The van der Waals surface area contributed by atoms with Gasteiger partial charge in [-0.15, -0.1) is 0 Å². The van der Waals surface area contributed by atoms with Gasteiger partial charge in [-0.25, -0.2) is 0 Å². The Labute approximate surface area is 140 Å². The Morgan fingerprint density at radius 1 is 1.29 bits per heavy atom. The molecule has 24 heavy (non-hydrogen) atoms. The van der Waals surface area contributed by atoms with Gasteiger partial charge in [0.15, 0.2) is 0 Å². The molecule has 7 heteroatoms. The third-order valence-corrected chi connectivity index (χ3v) is 4.63. The van der Waals surface area contributed by atoms with Gasteiger partial charge >= 0.3 is 0 Å². The lowest BCUT2D eigenvalue weighted by atomic mass is 10.0. The summed E-state index contributed by atoms with van der Waals surface area (Å²) in [6, 6.07) is 7.24. The third-order valence-electron chi connectivity index (χ3n) is 4.63. The van der Waals surface area contributed by atoms with Crippen LogP contribution >= 0.6 is 0 Å². The van der Waals surface area contributed by atoms with E-state index in [1.54, 1.807) is 12.1 Å². The van der Waals surface area contributed by atoms with E-state index in [4.69, 9.17) is 4.52 Å². The molecule has 1 aliphatic rings. The van der Waals surface area contributed by atoms with Crippen molar-refractivity contribution in [2.75, 3.05) is 0 Å². The number of hydrogen-bond donors (Lipinski definition) is 0. The molecule has 0 bridgehead atoms. The van der Waals surface area contributed by atoms with E-state index in [-0.39, 0.29) is 5.69 Å². The first-order chi connectivity index (χ1) is 11.5. The van der Waals surface area contributed by atoms with Crippen LogP contribution in [0.2, 0.25) is 0 Å².